The zero-order chi connectivity index (χ0) is 17.5. The molecule has 2 aromatic rings. The number of hydrogen-bond donors (Lipinski definition) is 1. The topological polar surface area (TPSA) is 24.5 Å². The van der Waals surface area contributed by atoms with E-state index in [1.54, 1.807) is 6.08 Å². The van der Waals surface area contributed by atoms with Crippen molar-refractivity contribution in [2.75, 3.05) is 19.0 Å². The van der Waals surface area contributed by atoms with E-state index in [1.807, 2.05) is 24.1 Å². The van der Waals surface area contributed by atoms with E-state index in [4.69, 9.17) is 17.0 Å². The van der Waals surface area contributed by atoms with E-state index in [-0.39, 0.29) is 0 Å². The second kappa shape index (κ2) is 8.50. The minimum atomic E-state index is 0.517. The molecule has 0 aromatic heterocycles. The Morgan fingerprint density at radius 2 is 1.92 bits per heavy atom. The summed E-state index contributed by atoms with van der Waals surface area (Å²) in [5.74, 6) is 0.845. The summed E-state index contributed by atoms with van der Waals surface area (Å²) >= 11 is 5.52. The predicted octanol–water partition coefficient (Wildman–Crippen LogP) is 4.70. The van der Waals surface area contributed by atoms with Crippen molar-refractivity contribution >= 4 is 23.0 Å². The van der Waals surface area contributed by atoms with Gasteiger partial charge in [-0.3, -0.25) is 0 Å². The Kier molecular flexibility index (Phi) is 6.38. The van der Waals surface area contributed by atoms with Crippen LogP contribution in [0.25, 0.3) is 0 Å². The highest BCUT2D eigenvalue weighted by molar-refractivity contribution is 7.80. The molecule has 0 amide bonds. The first-order chi connectivity index (χ1) is 11.5. The highest BCUT2D eigenvalue weighted by Crippen LogP contribution is 2.18. The van der Waals surface area contributed by atoms with Crippen LogP contribution >= 0.6 is 12.2 Å². The Morgan fingerprint density at radius 1 is 1.21 bits per heavy atom. The van der Waals surface area contributed by atoms with Crippen LogP contribution in [-0.2, 0) is 6.54 Å². The van der Waals surface area contributed by atoms with Gasteiger partial charge in [0, 0.05) is 19.3 Å². The van der Waals surface area contributed by atoms with Gasteiger partial charge in [-0.2, -0.15) is 0 Å². The number of nitrogens with zero attached hydrogens (tertiary/aromatic N) is 1. The van der Waals surface area contributed by atoms with Crippen LogP contribution in [0.15, 0.2) is 55.1 Å². The summed E-state index contributed by atoms with van der Waals surface area (Å²) in [6.45, 7) is 9.05. The maximum atomic E-state index is 5.52. The van der Waals surface area contributed by atoms with Crippen molar-refractivity contribution in [2.45, 2.75) is 20.4 Å². The van der Waals surface area contributed by atoms with Crippen molar-refractivity contribution in [2.24, 2.45) is 0 Å². The normalized spacial score (nSPS) is 10.1. The lowest BCUT2D eigenvalue weighted by Crippen LogP contribution is -2.30. The average Bonchev–Trinajstić information content (AvgIpc) is 2.57. The molecule has 24 heavy (non-hydrogen) atoms. The summed E-state index contributed by atoms with van der Waals surface area (Å²) in [5.41, 5.74) is 4.62. The van der Waals surface area contributed by atoms with Gasteiger partial charge in [-0.1, -0.05) is 36.9 Å². The first-order valence-corrected chi connectivity index (χ1v) is 8.32. The molecule has 0 aliphatic carbocycles. The van der Waals surface area contributed by atoms with E-state index < -0.39 is 0 Å². The van der Waals surface area contributed by atoms with E-state index in [0.29, 0.717) is 11.7 Å². The molecule has 0 aliphatic heterocycles. The summed E-state index contributed by atoms with van der Waals surface area (Å²) in [6.07, 6.45) is 1.74. The molecule has 0 radical (unpaired) electrons. The third-order valence-corrected chi connectivity index (χ3v) is 4.11. The molecule has 0 atom stereocenters. The summed E-state index contributed by atoms with van der Waals surface area (Å²) in [7, 11) is 1.99. The van der Waals surface area contributed by atoms with E-state index in [0.717, 1.165) is 18.0 Å². The summed E-state index contributed by atoms with van der Waals surface area (Å²) in [6, 6.07) is 14.3. The average molecular weight is 340 g/mol. The lowest BCUT2D eigenvalue weighted by Gasteiger charge is -2.22. The van der Waals surface area contributed by atoms with Crippen molar-refractivity contribution in [1.82, 2.24) is 4.90 Å². The number of aryl methyl sites for hydroxylation is 2. The summed E-state index contributed by atoms with van der Waals surface area (Å²) < 4.78 is 5.50. The van der Waals surface area contributed by atoms with Gasteiger partial charge in [0.1, 0.15) is 12.4 Å². The van der Waals surface area contributed by atoms with Gasteiger partial charge in [-0.15, -0.1) is 0 Å². The minimum absolute atomic E-state index is 0.517. The molecule has 4 heteroatoms. The second-order valence-corrected chi connectivity index (χ2v) is 6.23. The zero-order valence-electron chi connectivity index (χ0n) is 14.5. The fourth-order valence-corrected chi connectivity index (χ4v) is 2.45. The van der Waals surface area contributed by atoms with Gasteiger partial charge in [0.25, 0.3) is 0 Å². The van der Waals surface area contributed by atoms with Gasteiger partial charge < -0.3 is 15.0 Å². The van der Waals surface area contributed by atoms with Gasteiger partial charge in [0.2, 0.25) is 0 Å². The molecule has 2 rings (SSSR count). The quantitative estimate of drug-likeness (QED) is 0.609. The fraction of sp³-hybridized carbons (Fsp3) is 0.250. The van der Waals surface area contributed by atoms with Gasteiger partial charge >= 0.3 is 0 Å². The number of benzene rings is 2. The third-order valence-electron chi connectivity index (χ3n) is 3.69. The standard InChI is InChI=1S/C20H24N2OS/c1-5-12-23-18-10-8-17(9-11-18)14-22(4)20(24)21-19-13-15(2)6-7-16(19)3/h5-11,13H,1,12,14H2,2-4H3,(H,21,24). The van der Waals surface area contributed by atoms with Gasteiger partial charge in [0.15, 0.2) is 5.11 Å². The monoisotopic (exact) mass is 340 g/mol. The molecule has 126 valence electrons. The molecular formula is C20H24N2OS. The van der Waals surface area contributed by atoms with E-state index >= 15 is 0 Å². The first kappa shape index (κ1) is 18.0. The van der Waals surface area contributed by atoms with E-state index in [1.165, 1.54) is 16.7 Å². The predicted molar refractivity (Wildman–Crippen MR) is 106 cm³/mol. The molecule has 3 nitrogen and oxygen atoms in total. The Labute approximate surface area is 150 Å². The smallest absolute Gasteiger partial charge is 0.173 e. The number of anilines is 1. The van der Waals surface area contributed by atoms with Crippen LogP contribution < -0.4 is 10.1 Å². The SMILES string of the molecule is C=CCOc1ccc(CN(C)C(=S)Nc2cc(C)ccc2C)cc1. The molecule has 0 bridgehead atoms. The van der Waals surface area contributed by atoms with Crippen LogP contribution in [0.4, 0.5) is 5.69 Å². The summed E-state index contributed by atoms with van der Waals surface area (Å²) in [5, 5.41) is 4.04. The fourth-order valence-electron chi connectivity index (χ4n) is 2.27. The Morgan fingerprint density at radius 3 is 2.58 bits per heavy atom. The number of nitrogens with one attached hydrogen (secondary N) is 1. The van der Waals surface area contributed by atoms with Crippen LogP contribution in [0, 0.1) is 13.8 Å². The van der Waals surface area contributed by atoms with Crippen LogP contribution in [0.2, 0.25) is 0 Å². The highest BCUT2D eigenvalue weighted by Gasteiger charge is 2.07. The molecule has 2 aromatic carbocycles. The molecule has 0 aliphatic rings. The maximum Gasteiger partial charge on any atom is 0.173 e. The Balaban J connectivity index is 1.95. The molecule has 0 spiro atoms. The van der Waals surface area contributed by atoms with Crippen LogP contribution in [-0.4, -0.2) is 23.7 Å². The number of thiocarbonyl (C=S) groups is 1. The van der Waals surface area contributed by atoms with E-state index in [9.17, 15) is 0 Å². The second-order valence-electron chi connectivity index (χ2n) is 5.85. The zero-order valence-corrected chi connectivity index (χ0v) is 15.3. The van der Waals surface area contributed by atoms with Crippen molar-refractivity contribution in [3.63, 3.8) is 0 Å². The van der Waals surface area contributed by atoms with Crippen LogP contribution in [0.1, 0.15) is 16.7 Å². The van der Waals surface area contributed by atoms with E-state index in [2.05, 4.69) is 56.1 Å². The van der Waals surface area contributed by atoms with Crippen molar-refractivity contribution in [3.05, 3.63) is 71.8 Å². The number of rotatable bonds is 6. The van der Waals surface area contributed by atoms with Crippen molar-refractivity contribution in [3.8, 4) is 5.75 Å². The molecular weight excluding hydrogens is 316 g/mol. The van der Waals surface area contributed by atoms with Gasteiger partial charge in [-0.25, -0.2) is 0 Å². The molecule has 1 N–H and O–H groups in total. The van der Waals surface area contributed by atoms with Crippen molar-refractivity contribution < 1.29 is 4.74 Å². The third kappa shape index (κ3) is 5.10. The number of hydrogen-bond acceptors (Lipinski definition) is 2. The van der Waals surface area contributed by atoms with Crippen molar-refractivity contribution in [1.29, 1.82) is 0 Å². The highest BCUT2D eigenvalue weighted by atomic mass is 32.1. The van der Waals surface area contributed by atoms with Gasteiger partial charge in [-0.05, 0) is 61.0 Å². The molecule has 0 heterocycles. The van der Waals surface area contributed by atoms with Crippen LogP contribution in [0.3, 0.4) is 0 Å². The van der Waals surface area contributed by atoms with Crippen LogP contribution in [0.5, 0.6) is 5.75 Å². The first-order valence-electron chi connectivity index (χ1n) is 7.91. The summed E-state index contributed by atoms with van der Waals surface area (Å²) in [4.78, 5) is 2.02. The Hall–Kier alpha value is -2.33. The maximum absolute atomic E-state index is 5.52. The molecule has 0 saturated carbocycles. The lowest BCUT2D eigenvalue weighted by atomic mass is 10.1. The largest absolute Gasteiger partial charge is 0.490 e. The molecule has 0 fully saturated rings. The van der Waals surface area contributed by atoms with Gasteiger partial charge in [0.05, 0.1) is 0 Å². The molecule has 0 unspecified atom stereocenters. The Bertz CT molecular complexity index is 710. The molecule has 0 saturated heterocycles. The lowest BCUT2D eigenvalue weighted by molar-refractivity contribution is 0.363. The minimum Gasteiger partial charge on any atom is -0.490 e. The number of ether oxygens (including phenoxy) is 1.